The molecule has 0 bridgehead atoms. The summed E-state index contributed by atoms with van der Waals surface area (Å²) in [5.74, 6) is 1.48. The first kappa shape index (κ1) is 15.4. The summed E-state index contributed by atoms with van der Waals surface area (Å²) in [5, 5.41) is 9.60. The molecule has 1 aromatic carbocycles. The van der Waals surface area contributed by atoms with Crippen LogP contribution in [0, 0.1) is 11.3 Å². The van der Waals surface area contributed by atoms with Gasteiger partial charge in [-0.15, -0.1) is 0 Å². The van der Waals surface area contributed by atoms with Crippen LogP contribution in [0.15, 0.2) is 34.9 Å². The second-order valence-electron chi connectivity index (χ2n) is 6.00. The van der Waals surface area contributed by atoms with Crippen LogP contribution in [0.2, 0.25) is 0 Å². The topological polar surface area (TPSA) is 104 Å². The summed E-state index contributed by atoms with van der Waals surface area (Å²) >= 11 is 0. The summed E-state index contributed by atoms with van der Waals surface area (Å²) in [7, 11) is 1.52. The number of nitrogens with zero attached hydrogens (tertiary/aromatic N) is 1. The Labute approximate surface area is 144 Å². The molecule has 7 nitrogen and oxygen atoms in total. The number of benzene rings is 1. The third-order valence-electron chi connectivity index (χ3n) is 4.62. The second-order valence-corrected chi connectivity index (χ2v) is 6.00. The van der Waals surface area contributed by atoms with E-state index in [-0.39, 0.29) is 24.0 Å². The van der Waals surface area contributed by atoms with Gasteiger partial charge in [0, 0.05) is 18.4 Å². The Bertz CT molecular complexity index is 878. The van der Waals surface area contributed by atoms with Crippen LogP contribution in [0.1, 0.15) is 30.7 Å². The van der Waals surface area contributed by atoms with Gasteiger partial charge >= 0.3 is 0 Å². The number of allylic oxidation sites excluding steroid dienone is 3. The fourth-order valence-electron chi connectivity index (χ4n) is 3.51. The van der Waals surface area contributed by atoms with Crippen molar-refractivity contribution in [2.24, 2.45) is 5.73 Å². The van der Waals surface area contributed by atoms with Crippen LogP contribution >= 0.6 is 0 Å². The van der Waals surface area contributed by atoms with E-state index in [1.54, 1.807) is 12.1 Å². The molecule has 0 unspecified atom stereocenters. The van der Waals surface area contributed by atoms with Crippen LogP contribution in [-0.4, -0.2) is 19.7 Å². The molecule has 0 saturated heterocycles. The zero-order valence-corrected chi connectivity index (χ0v) is 13.6. The van der Waals surface area contributed by atoms with Gasteiger partial charge in [0.2, 0.25) is 18.4 Å². The predicted molar refractivity (Wildman–Crippen MR) is 85.7 cm³/mol. The van der Waals surface area contributed by atoms with Crippen LogP contribution in [0.5, 0.6) is 17.2 Å². The lowest BCUT2D eigenvalue weighted by Gasteiger charge is -2.31. The third kappa shape index (κ3) is 2.30. The first-order chi connectivity index (χ1) is 12.1. The van der Waals surface area contributed by atoms with Gasteiger partial charge in [-0.3, -0.25) is 4.79 Å². The Kier molecular flexibility index (Phi) is 3.53. The van der Waals surface area contributed by atoms with Crippen molar-refractivity contribution in [3.8, 4) is 23.3 Å². The highest BCUT2D eigenvalue weighted by molar-refractivity contribution is 5.99. The summed E-state index contributed by atoms with van der Waals surface area (Å²) in [6, 6.07) is 5.60. The van der Waals surface area contributed by atoms with E-state index in [0.29, 0.717) is 53.4 Å². The van der Waals surface area contributed by atoms with E-state index in [4.69, 9.17) is 24.7 Å². The number of rotatable bonds is 2. The SMILES string of the molecule is COc1cc([C@H]2C(C#N)=C(N)OC3=C2C(=O)CCC3)cc2c1OCO2. The van der Waals surface area contributed by atoms with E-state index >= 15 is 0 Å². The molecule has 0 saturated carbocycles. The zero-order valence-electron chi connectivity index (χ0n) is 13.6. The van der Waals surface area contributed by atoms with Gasteiger partial charge in [0.25, 0.3) is 0 Å². The van der Waals surface area contributed by atoms with Crippen molar-refractivity contribution in [1.82, 2.24) is 0 Å². The Morgan fingerprint density at radius 3 is 2.92 bits per heavy atom. The van der Waals surface area contributed by atoms with E-state index in [9.17, 15) is 10.1 Å². The number of ether oxygens (including phenoxy) is 4. The number of hydrogen-bond acceptors (Lipinski definition) is 7. The molecule has 7 heteroatoms. The molecule has 1 atom stereocenters. The van der Waals surface area contributed by atoms with E-state index in [1.807, 2.05) is 0 Å². The number of Topliss-reactive ketones (excluding diaryl/α,β-unsaturated/α-hetero) is 1. The van der Waals surface area contributed by atoms with Crippen LogP contribution < -0.4 is 19.9 Å². The Morgan fingerprint density at radius 2 is 2.16 bits per heavy atom. The molecule has 3 aliphatic rings. The molecule has 0 aromatic heterocycles. The molecule has 4 rings (SSSR count). The van der Waals surface area contributed by atoms with Gasteiger partial charge in [-0.05, 0) is 24.1 Å². The highest BCUT2D eigenvalue weighted by Crippen LogP contribution is 2.48. The Hall–Kier alpha value is -3.14. The molecule has 2 aliphatic heterocycles. The van der Waals surface area contributed by atoms with Crippen molar-refractivity contribution in [2.75, 3.05) is 13.9 Å². The predicted octanol–water partition coefficient (Wildman–Crippen LogP) is 2.24. The minimum atomic E-state index is -0.593. The quantitative estimate of drug-likeness (QED) is 0.880. The van der Waals surface area contributed by atoms with Gasteiger partial charge in [0.05, 0.1) is 13.0 Å². The first-order valence-corrected chi connectivity index (χ1v) is 7.95. The average molecular weight is 340 g/mol. The van der Waals surface area contributed by atoms with Crippen LogP contribution in [0.3, 0.4) is 0 Å². The maximum Gasteiger partial charge on any atom is 0.231 e. The highest BCUT2D eigenvalue weighted by Gasteiger charge is 2.39. The second kappa shape index (κ2) is 5.74. The smallest absolute Gasteiger partial charge is 0.231 e. The van der Waals surface area contributed by atoms with Crippen molar-refractivity contribution in [2.45, 2.75) is 25.2 Å². The molecule has 0 spiro atoms. The lowest BCUT2D eigenvalue weighted by Crippen LogP contribution is -2.27. The van der Waals surface area contributed by atoms with Gasteiger partial charge in [0.1, 0.15) is 17.4 Å². The molecule has 0 amide bonds. The maximum atomic E-state index is 12.6. The Morgan fingerprint density at radius 1 is 1.32 bits per heavy atom. The summed E-state index contributed by atoms with van der Waals surface area (Å²) in [4.78, 5) is 12.6. The van der Waals surface area contributed by atoms with Crippen molar-refractivity contribution in [3.63, 3.8) is 0 Å². The van der Waals surface area contributed by atoms with Gasteiger partial charge in [0.15, 0.2) is 17.3 Å². The van der Waals surface area contributed by atoms with Crippen molar-refractivity contribution in [3.05, 3.63) is 40.5 Å². The van der Waals surface area contributed by atoms with E-state index in [0.717, 1.165) is 0 Å². The molecular formula is C18H16N2O5. The number of carbonyl (C=O) groups excluding carboxylic acids is 1. The van der Waals surface area contributed by atoms with Crippen LogP contribution in [0.25, 0.3) is 0 Å². The van der Waals surface area contributed by atoms with Gasteiger partial charge in [-0.1, -0.05) is 0 Å². The number of fused-ring (bicyclic) bond motifs is 1. The third-order valence-corrected chi connectivity index (χ3v) is 4.62. The van der Waals surface area contributed by atoms with Gasteiger partial charge in [-0.25, -0.2) is 0 Å². The fourth-order valence-corrected chi connectivity index (χ4v) is 3.51. The standard InChI is InChI=1S/C18H16N2O5/c1-22-13-5-9(6-14-17(13)24-8-23-14)15-10(7-19)18(20)25-12-4-2-3-11(21)16(12)15/h5-6,15H,2-4,8,20H2,1H3/t15-/m0/s1. The van der Waals surface area contributed by atoms with E-state index in [2.05, 4.69) is 6.07 Å². The molecule has 2 N–H and O–H groups in total. The molecule has 1 aliphatic carbocycles. The highest BCUT2D eigenvalue weighted by atomic mass is 16.7. The lowest BCUT2D eigenvalue weighted by molar-refractivity contribution is -0.116. The maximum absolute atomic E-state index is 12.6. The number of methoxy groups -OCH3 is 1. The zero-order chi connectivity index (χ0) is 17.6. The minimum absolute atomic E-state index is 0.0249. The fraction of sp³-hybridized carbons (Fsp3) is 0.333. The summed E-state index contributed by atoms with van der Waals surface area (Å²) in [5.41, 5.74) is 7.36. The Balaban J connectivity index is 1.92. The van der Waals surface area contributed by atoms with E-state index in [1.165, 1.54) is 7.11 Å². The number of ketones is 1. The molecule has 25 heavy (non-hydrogen) atoms. The summed E-state index contributed by atoms with van der Waals surface area (Å²) in [6.07, 6.45) is 1.77. The number of nitriles is 1. The molecule has 0 fully saturated rings. The molecule has 1 aromatic rings. The summed E-state index contributed by atoms with van der Waals surface area (Å²) < 4.78 is 21.8. The first-order valence-electron chi connectivity index (χ1n) is 7.95. The van der Waals surface area contributed by atoms with Crippen molar-refractivity contribution < 1.29 is 23.7 Å². The number of nitrogens with two attached hydrogens (primary N) is 1. The monoisotopic (exact) mass is 340 g/mol. The molecular weight excluding hydrogens is 324 g/mol. The molecule has 2 heterocycles. The lowest BCUT2D eigenvalue weighted by atomic mass is 9.77. The summed E-state index contributed by atoms with van der Waals surface area (Å²) in [6.45, 7) is 0.0961. The van der Waals surface area contributed by atoms with Crippen LogP contribution in [0.4, 0.5) is 0 Å². The van der Waals surface area contributed by atoms with Crippen molar-refractivity contribution in [1.29, 1.82) is 5.26 Å². The largest absolute Gasteiger partial charge is 0.493 e. The van der Waals surface area contributed by atoms with Crippen LogP contribution in [-0.2, 0) is 9.53 Å². The van der Waals surface area contributed by atoms with Crippen molar-refractivity contribution >= 4 is 5.78 Å². The van der Waals surface area contributed by atoms with Gasteiger partial charge in [-0.2, -0.15) is 5.26 Å². The van der Waals surface area contributed by atoms with E-state index < -0.39 is 5.92 Å². The average Bonchev–Trinajstić information content (AvgIpc) is 3.08. The molecule has 0 radical (unpaired) electrons. The minimum Gasteiger partial charge on any atom is -0.493 e. The molecule has 128 valence electrons. The number of carbonyl (C=O) groups is 1. The normalized spacial score (nSPS) is 21.6. The van der Waals surface area contributed by atoms with Gasteiger partial charge < -0.3 is 24.7 Å². The number of hydrogen-bond donors (Lipinski definition) is 1.